The molecule has 0 aromatic heterocycles. The van der Waals surface area contributed by atoms with E-state index in [-0.39, 0.29) is 5.69 Å². The zero-order chi connectivity index (χ0) is 12.0. The Morgan fingerprint density at radius 1 is 1.50 bits per heavy atom. The first-order chi connectivity index (χ1) is 7.66. The highest BCUT2D eigenvalue weighted by atomic mass is 32.1. The van der Waals surface area contributed by atoms with Crippen molar-refractivity contribution in [3.8, 4) is 5.75 Å². The van der Waals surface area contributed by atoms with E-state index < -0.39 is 4.92 Å². The van der Waals surface area contributed by atoms with E-state index in [0.29, 0.717) is 18.1 Å². The molecule has 1 aromatic carbocycles. The predicted octanol–water partition coefficient (Wildman–Crippen LogP) is 2.77. The number of rotatable bonds is 5. The van der Waals surface area contributed by atoms with Crippen LogP contribution in [0.2, 0.25) is 0 Å². The minimum absolute atomic E-state index is 0.000673. The van der Waals surface area contributed by atoms with Gasteiger partial charge in [-0.3, -0.25) is 10.1 Å². The molecule has 0 aliphatic heterocycles. The van der Waals surface area contributed by atoms with E-state index in [9.17, 15) is 10.1 Å². The van der Waals surface area contributed by atoms with Crippen molar-refractivity contribution in [3.05, 3.63) is 46.0 Å². The molecule has 0 heterocycles. The van der Waals surface area contributed by atoms with Gasteiger partial charge in [0.25, 0.3) is 0 Å². The Morgan fingerprint density at radius 3 is 2.88 bits per heavy atom. The number of aryl methyl sites for hydroxylation is 1. The van der Waals surface area contributed by atoms with E-state index in [1.54, 1.807) is 25.1 Å². The summed E-state index contributed by atoms with van der Waals surface area (Å²) < 4.78 is 5.37. The molecule has 16 heavy (non-hydrogen) atoms. The van der Waals surface area contributed by atoms with Gasteiger partial charge in [-0.2, -0.15) is 12.6 Å². The van der Waals surface area contributed by atoms with Crippen molar-refractivity contribution in [2.75, 3.05) is 12.4 Å². The number of thiol groups is 1. The molecular weight excluding hydrogens is 226 g/mol. The molecule has 0 fully saturated rings. The Balaban J connectivity index is 2.84. The smallest absolute Gasteiger partial charge is 0.311 e. The predicted molar refractivity (Wildman–Crippen MR) is 66.3 cm³/mol. The van der Waals surface area contributed by atoms with Gasteiger partial charge in [0.05, 0.1) is 4.92 Å². The zero-order valence-corrected chi connectivity index (χ0v) is 9.81. The minimum Gasteiger partial charge on any atom is -0.482 e. The fourth-order valence-corrected chi connectivity index (χ4v) is 1.39. The van der Waals surface area contributed by atoms with Crippen molar-refractivity contribution < 1.29 is 9.66 Å². The molecule has 0 amide bonds. The number of nitro groups is 1. The molecule has 4 nitrogen and oxygen atoms in total. The summed E-state index contributed by atoms with van der Waals surface area (Å²) in [5, 5.41) is 10.8. The summed E-state index contributed by atoms with van der Waals surface area (Å²) in [4.78, 5) is 10.3. The van der Waals surface area contributed by atoms with Crippen LogP contribution >= 0.6 is 12.6 Å². The highest BCUT2D eigenvalue weighted by molar-refractivity contribution is 7.80. The Bertz CT molecular complexity index is 404. The largest absolute Gasteiger partial charge is 0.482 e. The molecular formula is C11H13NO3S. The normalized spacial score (nSPS) is 10.6. The summed E-state index contributed by atoms with van der Waals surface area (Å²) >= 11 is 4.00. The lowest BCUT2D eigenvalue weighted by Gasteiger charge is -2.06. The monoisotopic (exact) mass is 239 g/mol. The quantitative estimate of drug-likeness (QED) is 0.372. The van der Waals surface area contributed by atoms with Crippen molar-refractivity contribution in [3.63, 3.8) is 0 Å². The molecule has 0 bridgehead atoms. The van der Waals surface area contributed by atoms with Crippen LogP contribution in [0.25, 0.3) is 0 Å². The van der Waals surface area contributed by atoms with Gasteiger partial charge >= 0.3 is 5.69 Å². The summed E-state index contributed by atoms with van der Waals surface area (Å²) in [6.07, 6.45) is 3.61. The summed E-state index contributed by atoms with van der Waals surface area (Å²) in [6.45, 7) is 2.09. The highest BCUT2D eigenvalue weighted by Crippen LogP contribution is 2.30. The number of ether oxygens (including phenoxy) is 1. The molecule has 0 unspecified atom stereocenters. The molecule has 0 aliphatic carbocycles. The molecule has 0 saturated heterocycles. The molecule has 0 saturated carbocycles. The first kappa shape index (κ1) is 12.6. The van der Waals surface area contributed by atoms with E-state index in [1.165, 1.54) is 6.07 Å². The third-order valence-corrected chi connectivity index (χ3v) is 2.19. The molecule has 1 aromatic rings. The summed E-state index contributed by atoms with van der Waals surface area (Å²) in [5.41, 5.74) is 0.757. The number of para-hydroxylation sites is 1. The first-order valence-corrected chi connectivity index (χ1v) is 5.42. The van der Waals surface area contributed by atoms with Crippen LogP contribution in [0, 0.1) is 17.0 Å². The van der Waals surface area contributed by atoms with Gasteiger partial charge in [-0.1, -0.05) is 24.3 Å². The van der Waals surface area contributed by atoms with E-state index in [4.69, 9.17) is 4.74 Å². The van der Waals surface area contributed by atoms with Gasteiger partial charge in [-0.15, -0.1) is 0 Å². The fourth-order valence-electron chi connectivity index (χ4n) is 1.24. The molecule has 0 N–H and O–H groups in total. The second kappa shape index (κ2) is 6.17. The van der Waals surface area contributed by atoms with Crippen LogP contribution in [0.4, 0.5) is 5.69 Å². The minimum atomic E-state index is -0.440. The maximum absolute atomic E-state index is 10.8. The number of benzene rings is 1. The Labute approximate surface area is 99.5 Å². The van der Waals surface area contributed by atoms with Crippen molar-refractivity contribution in [1.82, 2.24) is 0 Å². The van der Waals surface area contributed by atoms with Crippen molar-refractivity contribution in [1.29, 1.82) is 0 Å². The maximum atomic E-state index is 10.8. The lowest BCUT2D eigenvalue weighted by molar-refractivity contribution is -0.385. The van der Waals surface area contributed by atoms with Crippen LogP contribution in [0.5, 0.6) is 5.75 Å². The van der Waals surface area contributed by atoms with Gasteiger partial charge < -0.3 is 4.74 Å². The van der Waals surface area contributed by atoms with E-state index in [2.05, 4.69) is 12.6 Å². The molecule has 5 heteroatoms. The first-order valence-electron chi connectivity index (χ1n) is 4.79. The fraction of sp³-hybridized carbons (Fsp3) is 0.273. The van der Waals surface area contributed by atoms with Crippen molar-refractivity contribution in [2.24, 2.45) is 0 Å². The van der Waals surface area contributed by atoms with Gasteiger partial charge in [0.2, 0.25) is 0 Å². The van der Waals surface area contributed by atoms with Gasteiger partial charge in [0, 0.05) is 11.8 Å². The summed E-state index contributed by atoms with van der Waals surface area (Å²) in [6, 6.07) is 4.86. The number of hydrogen-bond donors (Lipinski definition) is 1. The lowest BCUT2D eigenvalue weighted by atomic mass is 10.2. The van der Waals surface area contributed by atoms with Crippen LogP contribution in [-0.4, -0.2) is 17.3 Å². The Morgan fingerprint density at radius 2 is 2.25 bits per heavy atom. The van der Waals surface area contributed by atoms with Crippen LogP contribution in [0.15, 0.2) is 30.4 Å². The van der Waals surface area contributed by atoms with Crippen LogP contribution < -0.4 is 4.74 Å². The second-order valence-corrected chi connectivity index (χ2v) is 3.51. The van der Waals surface area contributed by atoms with E-state index in [0.717, 1.165) is 5.56 Å². The molecule has 1 rings (SSSR count). The SMILES string of the molecule is Cc1cccc([N+](=O)[O-])c1OC/C=C/CS. The average molecular weight is 239 g/mol. The molecule has 0 aliphatic rings. The molecule has 86 valence electrons. The van der Waals surface area contributed by atoms with Crippen molar-refractivity contribution >= 4 is 18.3 Å². The molecule has 0 spiro atoms. The van der Waals surface area contributed by atoms with Gasteiger partial charge in [0.1, 0.15) is 6.61 Å². The van der Waals surface area contributed by atoms with Crippen molar-refractivity contribution in [2.45, 2.75) is 6.92 Å². The zero-order valence-electron chi connectivity index (χ0n) is 8.92. The number of hydrogen-bond acceptors (Lipinski definition) is 4. The highest BCUT2D eigenvalue weighted by Gasteiger charge is 2.16. The van der Waals surface area contributed by atoms with Gasteiger partial charge in [-0.25, -0.2) is 0 Å². The number of nitro benzene ring substituents is 1. The Hall–Kier alpha value is -1.49. The third-order valence-electron chi connectivity index (χ3n) is 1.98. The van der Waals surface area contributed by atoms with Crippen LogP contribution in [0.3, 0.4) is 0 Å². The van der Waals surface area contributed by atoms with Gasteiger partial charge in [-0.05, 0) is 12.5 Å². The van der Waals surface area contributed by atoms with E-state index >= 15 is 0 Å². The standard InChI is InChI=1S/C11H13NO3S/c1-9-5-4-6-10(12(13)14)11(9)15-7-2-3-8-16/h2-6,16H,7-8H2,1H3/b3-2+. The van der Waals surface area contributed by atoms with E-state index in [1.807, 2.05) is 6.08 Å². The Kier molecular flexibility index (Phi) is 4.85. The maximum Gasteiger partial charge on any atom is 0.311 e. The molecule has 0 radical (unpaired) electrons. The lowest BCUT2D eigenvalue weighted by Crippen LogP contribution is -2.00. The average Bonchev–Trinajstić information content (AvgIpc) is 2.25. The molecule has 0 atom stereocenters. The van der Waals surface area contributed by atoms with Crippen LogP contribution in [-0.2, 0) is 0 Å². The number of nitrogens with zero attached hydrogens (tertiary/aromatic N) is 1. The summed E-state index contributed by atoms with van der Waals surface area (Å²) in [5.74, 6) is 0.954. The van der Waals surface area contributed by atoms with Crippen LogP contribution in [0.1, 0.15) is 5.56 Å². The topological polar surface area (TPSA) is 52.4 Å². The van der Waals surface area contributed by atoms with Gasteiger partial charge in [0.15, 0.2) is 5.75 Å². The second-order valence-electron chi connectivity index (χ2n) is 3.15. The summed E-state index contributed by atoms with van der Waals surface area (Å²) in [7, 11) is 0. The third kappa shape index (κ3) is 3.27.